The molecular weight excluding hydrogens is 395 g/mol. The second kappa shape index (κ2) is 8.83. The van der Waals surface area contributed by atoms with Gasteiger partial charge in [0.05, 0.1) is 5.92 Å². The second-order valence-electron chi connectivity index (χ2n) is 7.27. The van der Waals surface area contributed by atoms with Crippen LogP contribution in [-0.4, -0.2) is 22.6 Å². The van der Waals surface area contributed by atoms with Crippen LogP contribution in [0.1, 0.15) is 6.92 Å². The molecule has 1 atom stereocenters. The third kappa shape index (κ3) is 4.64. The van der Waals surface area contributed by atoms with E-state index in [0.29, 0.717) is 11.5 Å². The molecule has 0 bridgehead atoms. The summed E-state index contributed by atoms with van der Waals surface area (Å²) in [7, 11) is 0. The molecule has 0 radical (unpaired) electrons. The molecule has 0 fully saturated rings. The fraction of sp³-hybridized carbons (Fsp3) is 0.120. The summed E-state index contributed by atoms with van der Waals surface area (Å²) in [6.45, 7) is 1.82. The van der Waals surface area contributed by atoms with E-state index in [1.807, 2.05) is 54.6 Å². The van der Waals surface area contributed by atoms with Gasteiger partial charge in [-0.2, -0.15) is 4.98 Å². The Morgan fingerprint density at radius 1 is 0.935 bits per heavy atom. The van der Waals surface area contributed by atoms with Crippen LogP contribution in [0.25, 0.3) is 33.7 Å². The minimum absolute atomic E-state index is 0.201. The summed E-state index contributed by atoms with van der Waals surface area (Å²) in [5, 5.41) is 12.1. The zero-order valence-corrected chi connectivity index (χ0v) is 16.9. The van der Waals surface area contributed by atoms with Crippen LogP contribution in [0.3, 0.4) is 0 Å². The Hall–Kier alpha value is -3.93. The zero-order chi connectivity index (χ0) is 21.8. The number of carboxylic acid groups (broad SMARTS) is 1. The Morgan fingerprint density at radius 2 is 1.52 bits per heavy atom. The Bertz CT molecular complexity index is 1170. The first-order valence-electron chi connectivity index (χ1n) is 9.90. The summed E-state index contributed by atoms with van der Waals surface area (Å²) in [6.07, 6.45) is 0. The smallest absolute Gasteiger partial charge is 0.308 e. The molecule has 1 heterocycles. The maximum Gasteiger partial charge on any atom is 0.308 e. The van der Waals surface area contributed by atoms with Crippen molar-refractivity contribution < 1.29 is 18.7 Å². The van der Waals surface area contributed by atoms with Crippen molar-refractivity contribution in [3.05, 3.63) is 84.7 Å². The molecule has 0 aliphatic carbocycles. The number of aromatic nitrogens is 1. The Balaban J connectivity index is 1.67. The minimum atomic E-state index is -0.890. The molecular formula is C25H21FN2O3. The van der Waals surface area contributed by atoms with Gasteiger partial charge in [-0.05, 0) is 23.3 Å². The normalized spacial score (nSPS) is 11.8. The number of rotatable bonds is 7. The van der Waals surface area contributed by atoms with Gasteiger partial charge in [0, 0.05) is 17.7 Å². The fourth-order valence-corrected chi connectivity index (χ4v) is 3.17. The number of hydrogen-bond acceptors (Lipinski definition) is 4. The van der Waals surface area contributed by atoms with E-state index in [9.17, 15) is 9.18 Å². The van der Waals surface area contributed by atoms with Gasteiger partial charge in [0.15, 0.2) is 5.76 Å². The summed E-state index contributed by atoms with van der Waals surface area (Å²) in [6, 6.07) is 24.0. The van der Waals surface area contributed by atoms with Crippen LogP contribution in [0, 0.1) is 11.7 Å². The molecule has 4 rings (SSSR count). The SMILES string of the molecule is CC(CNc1nc(-c2ccc(-c3ccc(F)cc3)cc2)c(-c2ccccc2)o1)C(=O)O. The monoisotopic (exact) mass is 416 g/mol. The van der Waals surface area contributed by atoms with Gasteiger partial charge in [-0.15, -0.1) is 0 Å². The van der Waals surface area contributed by atoms with Crippen molar-refractivity contribution in [1.82, 2.24) is 4.98 Å². The molecule has 31 heavy (non-hydrogen) atoms. The van der Waals surface area contributed by atoms with Crippen molar-refractivity contribution in [3.63, 3.8) is 0 Å². The highest BCUT2D eigenvalue weighted by molar-refractivity contribution is 5.79. The highest BCUT2D eigenvalue weighted by Gasteiger charge is 2.18. The van der Waals surface area contributed by atoms with Crippen molar-refractivity contribution in [2.45, 2.75) is 6.92 Å². The zero-order valence-electron chi connectivity index (χ0n) is 16.9. The van der Waals surface area contributed by atoms with E-state index in [0.717, 1.165) is 22.3 Å². The number of anilines is 1. The number of aliphatic carboxylic acids is 1. The average molecular weight is 416 g/mol. The minimum Gasteiger partial charge on any atom is -0.481 e. The molecule has 0 aliphatic heterocycles. The van der Waals surface area contributed by atoms with Gasteiger partial charge in [-0.25, -0.2) is 4.39 Å². The van der Waals surface area contributed by atoms with E-state index in [-0.39, 0.29) is 18.4 Å². The van der Waals surface area contributed by atoms with Gasteiger partial charge in [0.25, 0.3) is 6.01 Å². The highest BCUT2D eigenvalue weighted by Crippen LogP contribution is 2.35. The molecule has 0 spiro atoms. The molecule has 1 unspecified atom stereocenters. The lowest BCUT2D eigenvalue weighted by Crippen LogP contribution is -2.19. The van der Waals surface area contributed by atoms with Gasteiger partial charge < -0.3 is 14.8 Å². The second-order valence-corrected chi connectivity index (χ2v) is 7.27. The molecule has 2 N–H and O–H groups in total. The van der Waals surface area contributed by atoms with Gasteiger partial charge >= 0.3 is 5.97 Å². The first kappa shape index (κ1) is 20.3. The van der Waals surface area contributed by atoms with Gasteiger partial charge in [0.2, 0.25) is 0 Å². The maximum absolute atomic E-state index is 13.2. The summed E-state index contributed by atoms with van der Waals surface area (Å²) in [4.78, 5) is 15.7. The van der Waals surface area contributed by atoms with E-state index in [1.165, 1.54) is 12.1 Å². The lowest BCUT2D eigenvalue weighted by Gasteiger charge is -2.05. The third-order valence-electron chi connectivity index (χ3n) is 4.98. The van der Waals surface area contributed by atoms with Gasteiger partial charge in [-0.3, -0.25) is 4.79 Å². The first-order chi connectivity index (χ1) is 15.0. The molecule has 6 heteroatoms. The summed E-state index contributed by atoms with van der Waals surface area (Å²) in [5.41, 5.74) is 4.26. The highest BCUT2D eigenvalue weighted by atomic mass is 19.1. The van der Waals surface area contributed by atoms with Crippen molar-refractivity contribution in [2.75, 3.05) is 11.9 Å². The van der Waals surface area contributed by atoms with Crippen LogP contribution in [0.5, 0.6) is 0 Å². The number of nitrogens with zero attached hydrogens (tertiary/aromatic N) is 1. The molecule has 0 aliphatic rings. The van der Waals surface area contributed by atoms with E-state index >= 15 is 0 Å². The summed E-state index contributed by atoms with van der Waals surface area (Å²) in [5.74, 6) is -1.14. The molecule has 0 amide bonds. The van der Waals surface area contributed by atoms with Crippen molar-refractivity contribution in [1.29, 1.82) is 0 Å². The number of hydrogen-bond donors (Lipinski definition) is 2. The topological polar surface area (TPSA) is 75.4 Å². The fourth-order valence-electron chi connectivity index (χ4n) is 3.17. The molecule has 156 valence electrons. The van der Waals surface area contributed by atoms with Crippen molar-refractivity contribution in [3.8, 4) is 33.7 Å². The largest absolute Gasteiger partial charge is 0.481 e. The molecule has 4 aromatic rings. The number of carbonyl (C=O) groups is 1. The molecule has 1 aromatic heterocycles. The molecule has 3 aromatic carbocycles. The molecule has 5 nitrogen and oxygen atoms in total. The quantitative estimate of drug-likeness (QED) is 0.389. The Morgan fingerprint density at radius 3 is 2.13 bits per heavy atom. The van der Waals surface area contributed by atoms with Crippen molar-refractivity contribution in [2.24, 2.45) is 5.92 Å². The van der Waals surface area contributed by atoms with Crippen LogP contribution in [0.15, 0.2) is 83.3 Å². The average Bonchev–Trinajstić information content (AvgIpc) is 3.23. The first-order valence-corrected chi connectivity index (χ1v) is 9.90. The van der Waals surface area contributed by atoms with E-state index in [1.54, 1.807) is 19.1 Å². The number of halogens is 1. The standard InChI is InChI=1S/C25H21FN2O3/c1-16(24(29)30)15-27-25-28-22(23(31-25)20-5-3-2-4-6-20)19-9-7-17(8-10-19)18-11-13-21(26)14-12-18/h2-14,16H,15H2,1H3,(H,27,28)(H,29,30). The van der Waals surface area contributed by atoms with Crippen LogP contribution < -0.4 is 5.32 Å². The number of nitrogens with one attached hydrogen (secondary N) is 1. The maximum atomic E-state index is 13.2. The molecule has 0 saturated heterocycles. The number of carboxylic acids is 1. The van der Waals surface area contributed by atoms with Gasteiger partial charge in [-0.1, -0.05) is 73.7 Å². The van der Waals surface area contributed by atoms with Crippen LogP contribution >= 0.6 is 0 Å². The predicted octanol–water partition coefficient (Wildman–Crippen LogP) is 5.95. The van der Waals surface area contributed by atoms with Crippen LogP contribution in [0.4, 0.5) is 10.4 Å². The van der Waals surface area contributed by atoms with Crippen molar-refractivity contribution >= 4 is 12.0 Å². The Kier molecular flexibility index (Phi) is 5.80. The van der Waals surface area contributed by atoms with E-state index < -0.39 is 11.9 Å². The molecule has 0 saturated carbocycles. The van der Waals surface area contributed by atoms with Gasteiger partial charge in [0.1, 0.15) is 11.5 Å². The lowest BCUT2D eigenvalue weighted by molar-refractivity contribution is -0.140. The van der Waals surface area contributed by atoms with Crippen LogP contribution in [-0.2, 0) is 4.79 Å². The number of benzene rings is 3. The van der Waals surface area contributed by atoms with E-state index in [4.69, 9.17) is 9.52 Å². The van der Waals surface area contributed by atoms with E-state index in [2.05, 4.69) is 10.3 Å². The summed E-state index contributed by atoms with van der Waals surface area (Å²) >= 11 is 0. The predicted molar refractivity (Wildman–Crippen MR) is 118 cm³/mol. The van der Waals surface area contributed by atoms with Crippen LogP contribution in [0.2, 0.25) is 0 Å². The lowest BCUT2D eigenvalue weighted by atomic mass is 10.0. The Labute approximate surface area is 179 Å². The number of oxazole rings is 1. The third-order valence-corrected chi connectivity index (χ3v) is 4.98. The summed E-state index contributed by atoms with van der Waals surface area (Å²) < 4.78 is 19.2.